The first-order valence-electron chi connectivity index (χ1n) is 10.2. The Morgan fingerprint density at radius 2 is 1.64 bits per heavy atom. The van der Waals surface area contributed by atoms with Crippen LogP contribution < -0.4 is 9.64 Å². The third-order valence-corrected chi connectivity index (χ3v) is 5.30. The number of hydrogen-bond donors (Lipinski definition) is 1. The first-order valence-corrected chi connectivity index (χ1v) is 10.2. The van der Waals surface area contributed by atoms with Gasteiger partial charge in [-0.25, -0.2) is 0 Å². The van der Waals surface area contributed by atoms with Crippen molar-refractivity contribution in [2.75, 3.05) is 51.3 Å². The Morgan fingerprint density at radius 3 is 2.32 bits per heavy atom. The van der Waals surface area contributed by atoms with Gasteiger partial charge in [-0.1, -0.05) is 49.4 Å². The summed E-state index contributed by atoms with van der Waals surface area (Å²) in [4.78, 5) is 4.66. The SMILES string of the molecule is CC[C@@H](OC[C@@H](O)CN1CCN(c2ccccc2OC)CC1)c1ccccc1. The van der Waals surface area contributed by atoms with Gasteiger partial charge in [0.15, 0.2) is 0 Å². The van der Waals surface area contributed by atoms with Crippen LogP contribution in [0.3, 0.4) is 0 Å². The summed E-state index contributed by atoms with van der Waals surface area (Å²) >= 11 is 0. The number of benzene rings is 2. The Labute approximate surface area is 168 Å². The van der Waals surface area contributed by atoms with Crippen LogP contribution >= 0.6 is 0 Å². The zero-order valence-corrected chi connectivity index (χ0v) is 17.0. The Hall–Kier alpha value is -2.08. The normalized spacial score (nSPS) is 17.3. The van der Waals surface area contributed by atoms with Crippen LogP contribution in [0.4, 0.5) is 5.69 Å². The van der Waals surface area contributed by atoms with Crippen molar-refractivity contribution in [3.05, 3.63) is 60.2 Å². The van der Waals surface area contributed by atoms with Crippen LogP contribution in [-0.4, -0.2) is 62.6 Å². The monoisotopic (exact) mass is 384 g/mol. The van der Waals surface area contributed by atoms with E-state index >= 15 is 0 Å². The Morgan fingerprint density at radius 1 is 0.964 bits per heavy atom. The fraction of sp³-hybridized carbons (Fsp3) is 0.478. The average molecular weight is 385 g/mol. The molecule has 0 radical (unpaired) electrons. The molecule has 1 fully saturated rings. The van der Waals surface area contributed by atoms with Crippen LogP contribution in [0.2, 0.25) is 0 Å². The van der Waals surface area contributed by atoms with Gasteiger partial charge < -0.3 is 19.5 Å². The standard InChI is InChI=1S/C23H32N2O3/c1-3-22(19-9-5-4-6-10-19)28-18-20(26)17-24-13-15-25(16-14-24)21-11-7-8-12-23(21)27-2/h4-12,20,22,26H,3,13-18H2,1-2H3/t20-,22+/m0/s1. The molecule has 2 aromatic rings. The largest absolute Gasteiger partial charge is 0.495 e. The number of rotatable bonds is 9. The van der Waals surface area contributed by atoms with Gasteiger partial charge in [0.05, 0.1) is 31.6 Å². The van der Waals surface area contributed by atoms with E-state index in [1.54, 1.807) is 7.11 Å². The molecule has 0 unspecified atom stereocenters. The van der Waals surface area contributed by atoms with Crippen LogP contribution in [-0.2, 0) is 4.74 Å². The van der Waals surface area contributed by atoms with Gasteiger partial charge in [0.25, 0.3) is 0 Å². The van der Waals surface area contributed by atoms with Crippen LogP contribution in [0.1, 0.15) is 25.0 Å². The highest BCUT2D eigenvalue weighted by Gasteiger charge is 2.22. The summed E-state index contributed by atoms with van der Waals surface area (Å²) in [6, 6.07) is 18.4. The first-order chi connectivity index (χ1) is 13.7. The minimum absolute atomic E-state index is 0.0400. The molecule has 1 saturated heterocycles. The lowest BCUT2D eigenvalue weighted by atomic mass is 10.1. The van der Waals surface area contributed by atoms with Gasteiger partial charge in [-0.2, -0.15) is 0 Å². The van der Waals surface area contributed by atoms with Gasteiger partial charge in [0, 0.05) is 32.7 Å². The third-order valence-electron chi connectivity index (χ3n) is 5.30. The van der Waals surface area contributed by atoms with Crippen molar-refractivity contribution in [1.82, 2.24) is 4.90 Å². The molecule has 0 aliphatic carbocycles. The maximum Gasteiger partial charge on any atom is 0.142 e. The number of para-hydroxylation sites is 2. The molecule has 1 aliphatic rings. The van der Waals surface area contributed by atoms with Crippen molar-refractivity contribution in [3.63, 3.8) is 0 Å². The fourth-order valence-electron chi connectivity index (χ4n) is 3.76. The highest BCUT2D eigenvalue weighted by atomic mass is 16.5. The molecule has 2 atom stereocenters. The molecule has 0 aromatic heterocycles. The Bertz CT molecular complexity index is 702. The van der Waals surface area contributed by atoms with Gasteiger partial charge >= 0.3 is 0 Å². The predicted molar refractivity (Wildman–Crippen MR) is 113 cm³/mol. The second-order valence-electron chi connectivity index (χ2n) is 7.25. The van der Waals surface area contributed by atoms with E-state index in [0.29, 0.717) is 13.2 Å². The molecule has 0 bridgehead atoms. The molecule has 0 saturated carbocycles. The zero-order chi connectivity index (χ0) is 19.8. The van der Waals surface area contributed by atoms with E-state index in [1.807, 2.05) is 36.4 Å². The molecule has 1 aliphatic heterocycles. The average Bonchev–Trinajstić information content (AvgIpc) is 2.75. The smallest absolute Gasteiger partial charge is 0.142 e. The van der Waals surface area contributed by atoms with Gasteiger partial charge in [0.1, 0.15) is 5.75 Å². The number of ether oxygens (including phenoxy) is 2. The van der Waals surface area contributed by atoms with Crippen molar-refractivity contribution in [1.29, 1.82) is 0 Å². The first kappa shape index (κ1) is 20.6. The number of hydrogen-bond acceptors (Lipinski definition) is 5. The summed E-state index contributed by atoms with van der Waals surface area (Å²) in [5, 5.41) is 10.5. The van der Waals surface area contributed by atoms with E-state index in [0.717, 1.165) is 44.0 Å². The van der Waals surface area contributed by atoms with Crippen LogP contribution in [0.15, 0.2) is 54.6 Å². The zero-order valence-electron chi connectivity index (χ0n) is 17.0. The fourth-order valence-corrected chi connectivity index (χ4v) is 3.76. The lowest BCUT2D eigenvalue weighted by Crippen LogP contribution is -2.49. The number of anilines is 1. The Kier molecular flexibility index (Phi) is 7.71. The summed E-state index contributed by atoms with van der Waals surface area (Å²) in [6.07, 6.45) is 0.461. The molecule has 1 heterocycles. The van der Waals surface area contributed by atoms with Crippen LogP contribution in [0.5, 0.6) is 5.75 Å². The van der Waals surface area contributed by atoms with E-state index < -0.39 is 6.10 Å². The van der Waals surface area contributed by atoms with Gasteiger partial charge in [0.2, 0.25) is 0 Å². The van der Waals surface area contributed by atoms with Crippen molar-refractivity contribution >= 4 is 5.69 Å². The topological polar surface area (TPSA) is 45.2 Å². The van der Waals surface area contributed by atoms with Crippen LogP contribution in [0.25, 0.3) is 0 Å². The van der Waals surface area contributed by atoms with Crippen molar-refractivity contribution in [2.24, 2.45) is 0 Å². The summed E-state index contributed by atoms with van der Waals surface area (Å²) < 4.78 is 11.5. The minimum atomic E-state index is -0.476. The second kappa shape index (κ2) is 10.5. The minimum Gasteiger partial charge on any atom is -0.495 e. The molecule has 1 N–H and O–H groups in total. The number of aliphatic hydroxyl groups is 1. The lowest BCUT2D eigenvalue weighted by Gasteiger charge is -2.37. The van der Waals surface area contributed by atoms with Crippen molar-refractivity contribution in [3.8, 4) is 5.75 Å². The summed E-state index contributed by atoms with van der Waals surface area (Å²) in [7, 11) is 1.71. The summed E-state index contributed by atoms with van der Waals surface area (Å²) in [5.41, 5.74) is 2.31. The maximum absolute atomic E-state index is 10.5. The van der Waals surface area contributed by atoms with Gasteiger partial charge in [-0.15, -0.1) is 0 Å². The number of piperazine rings is 1. The molecular weight excluding hydrogens is 352 g/mol. The van der Waals surface area contributed by atoms with E-state index in [4.69, 9.17) is 9.47 Å². The molecule has 3 rings (SSSR count). The number of aliphatic hydroxyl groups excluding tert-OH is 1. The lowest BCUT2D eigenvalue weighted by molar-refractivity contribution is -0.0240. The van der Waals surface area contributed by atoms with Crippen molar-refractivity contribution in [2.45, 2.75) is 25.6 Å². The quantitative estimate of drug-likeness (QED) is 0.718. The van der Waals surface area contributed by atoms with Gasteiger partial charge in [-0.05, 0) is 24.1 Å². The molecule has 5 nitrogen and oxygen atoms in total. The molecule has 5 heteroatoms. The Balaban J connectivity index is 1.44. The summed E-state index contributed by atoms with van der Waals surface area (Å²) in [5.74, 6) is 0.913. The molecule has 28 heavy (non-hydrogen) atoms. The maximum atomic E-state index is 10.5. The molecule has 0 amide bonds. The number of nitrogens with zero attached hydrogens (tertiary/aromatic N) is 2. The van der Waals surface area contributed by atoms with Crippen LogP contribution in [0, 0.1) is 0 Å². The molecular formula is C23H32N2O3. The number of methoxy groups -OCH3 is 1. The molecule has 2 aromatic carbocycles. The summed E-state index contributed by atoms with van der Waals surface area (Å²) in [6.45, 7) is 6.81. The second-order valence-corrected chi connectivity index (χ2v) is 7.25. The van der Waals surface area contributed by atoms with Gasteiger partial charge in [-0.3, -0.25) is 4.90 Å². The van der Waals surface area contributed by atoms with E-state index in [2.05, 4.69) is 34.9 Å². The predicted octanol–water partition coefficient (Wildman–Crippen LogP) is 3.35. The highest BCUT2D eigenvalue weighted by Crippen LogP contribution is 2.28. The molecule has 152 valence electrons. The highest BCUT2D eigenvalue weighted by molar-refractivity contribution is 5.58. The van der Waals surface area contributed by atoms with E-state index in [1.165, 1.54) is 5.56 Å². The van der Waals surface area contributed by atoms with E-state index in [-0.39, 0.29) is 6.10 Å². The van der Waals surface area contributed by atoms with Crippen molar-refractivity contribution < 1.29 is 14.6 Å². The number of β-amino-alcohol motifs (C(OH)–C–C–N with tert-alkyl or cyclic N) is 1. The molecule has 0 spiro atoms. The third kappa shape index (κ3) is 5.47. The van der Waals surface area contributed by atoms with E-state index in [9.17, 15) is 5.11 Å².